The van der Waals surface area contributed by atoms with Crippen molar-refractivity contribution in [2.75, 3.05) is 5.32 Å². The number of Topliss-reactive ketones (excluding diaryl/α,β-unsaturated/α-hetero) is 1. The van der Waals surface area contributed by atoms with Crippen LogP contribution in [0.1, 0.15) is 32.6 Å². The number of hydrogen-bond donors (Lipinski definition) is 1. The van der Waals surface area contributed by atoms with E-state index < -0.39 is 0 Å². The molecule has 0 fully saturated rings. The Morgan fingerprint density at radius 1 is 1.26 bits per heavy atom. The molecule has 0 bridgehead atoms. The van der Waals surface area contributed by atoms with Crippen LogP contribution in [0.5, 0.6) is 0 Å². The molecule has 1 amide bonds. The predicted octanol–water partition coefficient (Wildman–Crippen LogP) is 3.67. The summed E-state index contributed by atoms with van der Waals surface area (Å²) in [4.78, 5) is 28.0. The first-order valence-electron chi connectivity index (χ1n) is 5.52. The van der Waals surface area contributed by atoms with E-state index in [2.05, 4.69) is 26.2 Å². The Bertz CT molecular complexity index is 635. The van der Waals surface area contributed by atoms with Gasteiger partial charge in [0.1, 0.15) is 0 Å². The zero-order chi connectivity index (χ0) is 14.0. The summed E-state index contributed by atoms with van der Waals surface area (Å²) in [5.74, 6) is -0.282. The lowest BCUT2D eigenvalue weighted by Gasteiger charge is -2.01. The summed E-state index contributed by atoms with van der Waals surface area (Å²) in [7, 11) is 0. The average molecular weight is 339 g/mol. The fourth-order valence-electron chi connectivity index (χ4n) is 1.55. The SMILES string of the molecule is CC(=O)c1sc(NC(=O)c2ccc(Br)cc2)nc1C. The number of anilines is 1. The number of benzene rings is 1. The second-order valence-corrected chi connectivity index (χ2v) is 5.87. The Labute approximate surface area is 123 Å². The van der Waals surface area contributed by atoms with Crippen molar-refractivity contribution in [1.29, 1.82) is 0 Å². The normalized spacial score (nSPS) is 10.3. The summed E-state index contributed by atoms with van der Waals surface area (Å²) >= 11 is 4.50. The van der Waals surface area contributed by atoms with Gasteiger partial charge in [-0.1, -0.05) is 27.3 Å². The Kier molecular flexibility index (Phi) is 4.11. The van der Waals surface area contributed by atoms with Gasteiger partial charge in [-0.3, -0.25) is 14.9 Å². The summed E-state index contributed by atoms with van der Waals surface area (Å²) in [5.41, 5.74) is 1.18. The van der Waals surface area contributed by atoms with E-state index in [1.54, 1.807) is 31.2 Å². The van der Waals surface area contributed by atoms with Crippen LogP contribution in [-0.4, -0.2) is 16.7 Å². The van der Waals surface area contributed by atoms with Crippen LogP contribution in [0.15, 0.2) is 28.7 Å². The lowest BCUT2D eigenvalue weighted by atomic mass is 10.2. The van der Waals surface area contributed by atoms with Gasteiger partial charge in [-0.2, -0.15) is 0 Å². The maximum absolute atomic E-state index is 12.0. The molecule has 0 radical (unpaired) electrons. The van der Waals surface area contributed by atoms with Crippen LogP contribution >= 0.6 is 27.3 Å². The lowest BCUT2D eigenvalue weighted by Crippen LogP contribution is -2.11. The van der Waals surface area contributed by atoms with E-state index in [9.17, 15) is 9.59 Å². The second-order valence-electron chi connectivity index (χ2n) is 3.95. The molecule has 6 heteroatoms. The fourth-order valence-corrected chi connectivity index (χ4v) is 2.67. The van der Waals surface area contributed by atoms with Crippen molar-refractivity contribution in [2.45, 2.75) is 13.8 Å². The third kappa shape index (κ3) is 3.27. The second kappa shape index (κ2) is 5.63. The first kappa shape index (κ1) is 13.9. The molecule has 4 nitrogen and oxygen atoms in total. The summed E-state index contributed by atoms with van der Waals surface area (Å²) in [6, 6.07) is 7.02. The molecule has 19 heavy (non-hydrogen) atoms. The fraction of sp³-hybridized carbons (Fsp3) is 0.154. The Morgan fingerprint density at radius 3 is 2.42 bits per heavy atom. The third-order valence-electron chi connectivity index (χ3n) is 2.44. The molecule has 2 aromatic rings. The molecule has 0 aliphatic rings. The molecule has 0 saturated heterocycles. The van der Waals surface area contributed by atoms with Gasteiger partial charge < -0.3 is 0 Å². The molecule has 1 aromatic heterocycles. The van der Waals surface area contributed by atoms with Crippen molar-refractivity contribution in [2.24, 2.45) is 0 Å². The quantitative estimate of drug-likeness (QED) is 0.868. The smallest absolute Gasteiger partial charge is 0.257 e. The number of carbonyl (C=O) groups excluding carboxylic acids is 2. The number of halogens is 1. The van der Waals surface area contributed by atoms with Crippen molar-refractivity contribution in [1.82, 2.24) is 4.98 Å². The van der Waals surface area contributed by atoms with E-state index in [1.165, 1.54) is 18.3 Å². The van der Waals surface area contributed by atoms with Gasteiger partial charge in [0.2, 0.25) is 0 Å². The summed E-state index contributed by atoms with van der Waals surface area (Å²) in [6.07, 6.45) is 0. The van der Waals surface area contributed by atoms with Crippen molar-refractivity contribution < 1.29 is 9.59 Å². The van der Waals surface area contributed by atoms with Gasteiger partial charge in [0.05, 0.1) is 10.6 Å². The maximum Gasteiger partial charge on any atom is 0.257 e. The van der Waals surface area contributed by atoms with Crippen LogP contribution in [0.2, 0.25) is 0 Å². The number of hydrogen-bond acceptors (Lipinski definition) is 4. The van der Waals surface area contributed by atoms with Crippen molar-refractivity contribution in [3.63, 3.8) is 0 Å². The number of aryl methyl sites for hydroxylation is 1. The van der Waals surface area contributed by atoms with Crippen LogP contribution in [0, 0.1) is 6.92 Å². The molecule has 0 unspecified atom stereocenters. The van der Waals surface area contributed by atoms with Crippen LogP contribution in [0.3, 0.4) is 0 Å². The average Bonchev–Trinajstić information content (AvgIpc) is 2.71. The van der Waals surface area contributed by atoms with E-state index in [0.717, 1.165) is 4.47 Å². The number of ketones is 1. The summed E-state index contributed by atoms with van der Waals surface area (Å²) in [6.45, 7) is 3.24. The number of thiazole rings is 1. The molecule has 1 aromatic carbocycles. The lowest BCUT2D eigenvalue weighted by molar-refractivity contribution is 0.101. The highest BCUT2D eigenvalue weighted by atomic mass is 79.9. The highest BCUT2D eigenvalue weighted by Gasteiger charge is 2.14. The van der Waals surface area contributed by atoms with Gasteiger partial charge in [0.15, 0.2) is 10.9 Å². The highest BCUT2D eigenvalue weighted by Crippen LogP contribution is 2.23. The molecule has 0 saturated carbocycles. The minimum Gasteiger partial charge on any atom is -0.298 e. The number of rotatable bonds is 3. The van der Waals surface area contributed by atoms with E-state index in [-0.39, 0.29) is 11.7 Å². The van der Waals surface area contributed by atoms with E-state index in [0.29, 0.717) is 21.3 Å². The largest absolute Gasteiger partial charge is 0.298 e. The molecule has 1 N–H and O–H groups in total. The molecule has 0 spiro atoms. The zero-order valence-corrected chi connectivity index (χ0v) is 12.8. The highest BCUT2D eigenvalue weighted by molar-refractivity contribution is 9.10. The molecule has 2 rings (SSSR count). The topological polar surface area (TPSA) is 59.1 Å². The van der Waals surface area contributed by atoms with Crippen LogP contribution in [0.4, 0.5) is 5.13 Å². The minimum atomic E-state index is -0.239. The Morgan fingerprint density at radius 2 is 1.89 bits per heavy atom. The van der Waals surface area contributed by atoms with Gasteiger partial charge in [0, 0.05) is 17.0 Å². The monoisotopic (exact) mass is 338 g/mol. The van der Waals surface area contributed by atoms with Crippen LogP contribution in [-0.2, 0) is 0 Å². The standard InChI is InChI=1S/C13H11BrN2O2S/c1-7-11(8(2)17)19-13(15-7)16-12(18)9-3-5-10(14)6-4-9/h3-6H,1-2H3,(H,15,16,18). The Hall–Kier alpha value is -1.53. The summed E-state index contributed by atoms with van der Waals surface area (Å²) in [5, 5.41) is 3.14. The van der Waals surface area contributed by atoms with E-state index in [1.807, 2.05) is 0 Å². The number of aromatic nitrogens is 1. The van der Waals surface area contributed by atoms with Crippen LogP contribution in [0.25, 0.3) is 0 Å². The number of carbonyl (C=O) groups is 2. The van der Waals surface area contributed by atoms with E-state index >= 15 is 0 Å². The molecule has 0 atom stereocenters. The van der Waals surface area contributed by atoms with Gasteiger partial charge >= 0.3 is 0 Å². The number of amides is 1. The summed E-state index contributed by atoms with van der Waals surface area (Å²) < 4.78 is 0.910. The van der Waals surface area contributed by atoms with Crippen molar-refractivity contribution in [3.8, 4) is 0 Å². The Balaban J connectivity index is 2.17. The first-order chi connectivity index (χ1) is 8.97. The van der Waals surface area contributed by atoms with Crippen molar-refractivity contribution in [3.05, 3.63) is 44.9 Å². The minimum absolute atomic E-state index is 0.0425. The predicted molar refractivity (Wildman–Crippen MR) is 79.0 cm³/mol. The molecular weight excluding hydrogens is 328 g/mol. The van der Waals surface area contributed by atoms with Gasteiger partial charge in [-0.25, -0.2) is 4.98 Å². The first-order valence-corrected chi connectivity index (χ1v) is 7.13. The van der Waals surface area contributed by atoms with Gasteiger partial charge in [-0.15, -0.1) is 0 Å². The molecule has 0 aliphatic heterocycles. The molecule has 98 valence electrons. The van der Waals surface area contributed by atoms with Crippen molar-refractivity contribution >= 4 is 44.1 Å². The molecular formula is C13H11BrN2O2S. The van der Waals surface area contributed by atoms with E-state index in [4.69, 9.17) is 0 Å². The molecule has 1 heterocycles. The number of nitrogens with zero attached hydrogens (tertiary/aromatic N) is 1. The third-order valence-corrected chi connectivity index (χ3v) is 4.15. The number of nitrogens with one attached hydrogen (secondary N) is 1. The molecule has 0 aliphatic carbocycles. The van der Waals surface area contributed by atoms with Gasteiger partial charge in [0.25, 0.3) is 5.91 Å². The zero-order valence-electron chi connectivity index (χ0n) is 10.4. The van der Waals surface area contributed by atoms with Gasteiger partial charge in [-0.05, 0) is 31.2 Å². The van der Waals surface area contributed by atoms with Crippen LogP contribution < -0.4 is 5.32 Å². The maximum atomic E-state index is 12.0.